The lowest BCUT2D eigenvalue weighted by Gasteiger charge is -2.20. The first-order chi connectivity index (χ1) is 11.0. The van der Waals surface area contributed by atoms with Gasteiger partial charge in [-0.05, 0) is 37.1 Å². The zero-order chi connectivity index (χ0) is 17.0. The number of carbonyl (C=O) groups excluding carboxylic acids is 2. The van der Waals surface area contributed by atoms with Crippen LogP contribution in [0.1, 0.15) is 18.9 Å². The summed E-state index contributed by atoms with van der Waals surface area (Å²) < 4.78 is 5.34. The summed E-state index contributed by atoms with van der Waals surface area (Å²) in [4.78, 5) is 26.2. The van der Waals surface area contributed by atoms with Crippen molar-refractivity contribution < 1.29 is 14.3 Å². The molecule has 0 spiro atoms. The number of nitrogens with zero attached hydrogens (tertiary/aromatic N) is 1. The zero-order valence-electron chi connectivity index (χ0n) is 14.0. The van der Waals surface area contributed by atoms with Gasteiger partial charge >= 0.3 is 0 Å². The molecule has 6 nitrogen and oxygen atoms in total. The van der Waals surface area contributed by atoms with E-state index in [-0.39, 0.29) is 30.1 Å². The lowest BCUT2D eigenvalue weighted by molar-refractivity contribution is -0.126. The summed E-state index contributed by atoms with van der Waals surface area (Å²) in [7, 11) is 1.58. The Balaban J connectivity index is 2.08. The number of hydrogen-bond acceptors (Lipinski definition) is 4. The van der Waals surface area contributed by atoms with Crippen LogP contribution in [0.2, 0.25) is 0 Å². The number of methoxy groups -OCH3 is 1. The molecule has 1 saturated heterocycles. The van der Waals surface area contributed by atoms with Crippen molar-refractivity contribution in [2.75, 3.05) is 31.6 Å². The molecule has 6 heteroatoms. The number of benzene rings is 1. The van der Waals surface area contributed by atoms with Crippen LogP contribution in [0, 0.1) is 18.8 Å². The second-order valence-electron chi connectivity index (χ2n) is 6.17. The summed E-state index contributed by atoms with van der Waals surface area (Å²) in [5.41, 5.74) is 7.32. The van der Waals surface area contributed by atoms with E-state index >= 15 is 0 Å². The summed E-state index contributed by atoms with van der Waals surface area (Å²) in [5.74, 6) is 0.386. The van der Waals surface area contributed by atoms with Gasteiger partial charge in [0.2, 0.25) is 11.8 Å². The number of hydrogen-bond donors (Lipinski definition) is 2. The maximum atomic E-state index is 12.3. The first kappa shape index (κ1) is 17.3. The molecule has 1 aliphatic heterocycles. The smallest absolute Gasteiger partial charge is 0.227 e. The van der Waals surface area contributed by atoms with Crippen molar-refractivity contribution in [3.63, 3.8) is 0 Å². The van der Waals surface area contributed by atoms with Crippen LogP contribution in [0.5, 0.6) is 5.75 Å². The Kier molecular flexibility index (Phi) is 5.60. The largest absolute Gasteiger partial charge is 0.495 e. The fourth-order valence-electron chi connectivity index (χ4n) is 2.63. The third-order valence-electron chi connectivity index (χ3n) is 4.15. The van der Waals surface area contributed by atoms with Gasteiger partial charge in [-0.15, -0.1) is 0 Å². The highest BCUT2D eigenvalue weighted by Crippen LogP contribution is 2.33. The molecule has 1 aromatic carbocycles. The van der Waals surface area contributed by atoms with Gasteiger partial charge in [-0.2, -0.15) is 0 Å². The molecule has 1 fully saturated rings. The lowest BCUT2D eigenvalue weighted by atomic mass is 10.1. The molecule has 2 amide bonds. The summed E-state index contributed by atoms with van der Waals surface area (Å²) in [6.07, 6.45) is 0.222. The quantitative estimate of drug-likeness (QED) is 0.821. The highest BCUT2D eigenvalue weighted by atomic mass is 16.5. The van der Waals surface area contributed by atoms with Crippen molar-refractivity contribution >= 4 is 17.5 Å². The summed E-state index contributed by atoms with van der Waals surface area (Å²) in [6.45, 7) is 5.37. The van der Waals surface area contributed by atoms with E-state index in [1.165, 1.54) is 0 Å². The second-order valence-corrected chi connectivity index (χ2v) is 6.17. The van der Waals surface area contributed by atoms with Crippen molar-refractivity contribution in [3.8, 4) is 5.75 Å². The fourth-order valence-corrected chi connectivity index (χ4v) is 2.63. The molecule has 1 heterocycles. The van der Waals surface area contributed by atoms with E-state index in [0.717, 1.165) is 11.3 Å². The van der Waals surface area contributed by atoms with Gasteiger partial charge in [0.05, 0.1) is 18.7 Å². The average Bonchev–Trinajstić information content (AvgIpc) is 2.93. The van der Waals surface area contributed by atoms with Crippen LogP contribution in [0.15, 0.2) is 18.2 Å². The molecule has 0 saturated carbocycles. The van der Waals surface area contributed by atoms with Gasteiger partial charge in [0.25, 0.3) is 0 Å². The summed E-state index contributed by atoms with van der Waals surface area (Å²) in [6, 6.07) is 5.68. The number of rotatable bonds is 6. The minimum Gasteiger partial charge on any atom is -0.495 e. The summed E-state index contributed by atoms with van der Waals surface area (Å²) in [5, 5.41) is 2.88. The molecule has 0 aromatic heterocycles. The van der Waals surface area contributed by atoms with Crippen LogP contribution in [0.4, 0.5) is 5.69 Å². The Hall–Kier alpha value is -2.08. The molecule has 126 valence electrons. The third kappa shape index (κ3) is 4.01. The molecule has 2 atom stereocenters. The maximum Gasteiger partial charge on any atom is 0.227 e. The standard InChI is InChI=1S/C17H25N3O3/c1-11-4-5-15(23-3)14(6-11)20-10-13(7-16(20)21)17(22)19-9-12(2)8-18/h4-6,12-13H,7-10,18H2,1-3H3,(H,19,22). The average molecular weight is 319 g/mol. The van der Waals surface area contributed by atoms with Gasteiger partial charge in [-0.3, -0.25) is 9.59 Å². The molecule has 2 unspecified atom stereocenters. The van der Waals surface area contributed by atoms with Gasteiger partial charge in [0, 0.05) is 19.5 Å². The molecular formula is C17H25N3O3. The number of ether oxygens (including phenoxy) is 1. The molecule has 0 radical (unpaired) electrons. The van der Waals surface area contributed by atoms with Gasteiger partial charge < -0.3 is 20.7 Å². The number of nitrogens with one attached hydrogen (secondary N) is 1. The molecule has 0 aliphatic carbocycles. The predicted molar refractivity (Wildman–Crippen MR) is 89.4 cm³/mol. The van der Waals surface area contributed by atoms with E-state index in [0.29, 0.717) is 25.4 Å². The molecular weight excluding hydrogens is 294 g/mol. The molecule has 1 aliphatic rings. The predicted octanol–water partition coefficient (Wildman–Crippen LogP) is 1.07. The van der Waals surface area contributed by atoms with Gasteiger partial charge in [-0.25, -0.2) is 0 Å². The van der Waals surface area contributed by atoms with Crippen molar-refractivity contribution in [1.29, 1.82) is 0 Å². The summed E-state index contributed by atoms with van der Waals surface area (Å²) >= 11 is 0. The second kappa shape index (κ2) is 7.46. The van der Waals surface area contributed by atoms with Crippen LogP contribution in [-0.2, 0) is 9.59 Å². The Bertz CT molecular complexity index is 588. The highest BCUT2D eigenvalue weighted by Gasteiger charge is 2.36. The van der Waals surface area contributed by atoms with Gasteiger partial charge in [0.1, 0.15) is 5.75 Å². The van der Waals surface area contributed by atoms with E-state index in [4.69, 9.17) is 10.5 Å². The number of carbonyl (C=O) groups is 2. The minimum atomic E-state index is -0.335. The SMILES string of the molecule is COc1ccc(C)cc1N1CC(C(=O)NCC(C)CN)CC1=O. The molecule has 1 aromatic rings. The number of nitrogens with two attached hydrogens (primary N) is 1. The van der Waals surface area contributed by atoms with E-state index in [1.54, 1.807) is 12.0 Å². The van der Waals surface area contributed by atoms with Crippen molar-refractivity contribution in [2.45, 2.75) is 20.3 Å². The number of aryl methyl sites for hydroxylation is 1. The van der Waals surface area contributed by atoms with E-state index in [1.807, 2.05) is 32.0 Å². The molecule has 2 rings (SSSR count). The van der Waals surface area contributed by atoms with E-state index in [9.17, 15) is 9.59 Å². The Labute approximate surface area is 137 Å². The Morgan fingerprint density at radius 3 is 2.91 bits per heavy atom. The van der Waals surface area contributed by atoms with Crippen molar-refractivity contribution in [3.05, 3.63) is 23.8 Å². The monoisotopic (exact) mass is 319 g/mol. The van der Waals surface area contributed by atoms with Crippen LogP contribution >= 0.6 is 0 Å². The number of amides is 2. The molecule has 23 heavy (non-hydrogen) atoms. The van der Waals surface area contributed by atoms with Crippen LogP contribution < -0.4 is 20.7 Å². The first-order valence-electron chi connectivity index (χ1n) is 7.89. The van der Waals surface area contributed by atoms with Crippen molar-refractivity contribution in [2.24, 2.45) is 17.6 Å². The van der Waals surface area contributed by atoms with Gasteiger partial charge in [-0.1, -0.05) is 13.0 Å². The van der Waals surface area contributed by atoms with Crippen LogP contribution in [0.3, 0.4) is 0 Å². The zero-order valence-corrected chi connectivity index (χ0v) is 14.0. The Morgan fingerprint density at radius 2 is 2.26 bits per heavy atom. The van der Waals surface area contributed by atoms with E-state index in [2.05, 4.69) is 5.32 Å². The van der Waals surface area contributed by atoms with Gasteiger partial charge in [0.15, 0.2) is 0 Å². The Morgan fingerprint density at radius 1 is 1.52 bits per heavy atom. The minimum absolute atomic E-state index is 0.0547. The lowest BCUT2D eigenvalue weighted by Crippen LogP contribution is -2.36. The first-order valence-corrected chi connectivity index (χ1v) is 7.89. The highest BCUT2D eigenvalue weighted by molar-refractivity contribution is 6.01. The number of anilines is 1. The molecule has 3 N–H and O–H groups in total. The normalized spacial score (nSPS) is 18.9. The fraction of sp³-hybridized carbons (Fsp3) is 0.529. The van der Waals surface area contributed by atoms with E-state index < -0.39 is 0 Å². The van der Waals surface area contributed by atoms with Crippen LogP contribution in [-0.4, -0.2) is 38.6 Å². The maximum absolute atomic E-state index is 12.3. The molecule has 0 bridgehead atoms. The third-order valence-corrected chi connectivity index (χ3v) is 4.15. The van der Waals surface area contributed by atoms with Crippen molar-refractivity contribution in [1.82, 2.24) is 5.32 Å². The van der Waals surface area contributed by atoms with Crippen LogP contribution in [0.25, 0.3) is 0 Å². The topological polar surface area (TPSA) is 84.7 Å².